The fourth-order valence-electron chi connectivity index (χ4n) is 2.87. The molecular weight excluding hydrogens is 318 g/mol. The number of nitrogens with zero attached hydrogens (tertiary/aromatic N) is 5. The molecule has 0 amide bonds. The van der Waals surface area contributed by atoms with Crippen LogP contribution in [0.1, 0.15) is 25.6 Å². The molecule has 132 valence electrons. The number of aromatic nitrogens is 3. The third-order valence-corrected chi connectivity index (χ3v) is 4.28. The molecule has 25 heavy (non-hydrogen) atoms. The second-order valence-corrected chi connectivity index (χ2v) is 6.52. The summed E-state index contributed by atoms with van der Waals surface area (Å²) in [6, 6.07) is 5.90. The van der Waals surface area contributed by atoms with Gasteiger partial charge in [-0.1, -0.05) is 13.8 Å². The van der Waals surface area contributed by atoms with Crippen molar-refractivity contribution in [1.82, 2.24) is 19.9 Å². The highest BCUT2D eigenvalue weighted by molar-refractivity contribution is 5.69. The molecule has 0 atom stereocenters. The maximum atomic E-state index is 10.9. The second-order valence-electron chi connectivity index (χ2n) is 6.52. The minimum absolute atomic E-state index is 0.0944. The molecule has 3 heterocycles. The van der Waals surface area contributed by atoms with Crippen molar-refractivity contribution in [1.29, 1.82) is 0 Å². The molecule has 2 aromatic heterocycles. The predicted octanol–water partition coefficient (Wildman–Crippen LogP) is 1.87. The quantitative estimate of drug-likeness (QED) is 0.889. The molecule has 7 heteroatoms. The molecule has 1 saturated heterocycles. The van der Waals surface area contributed by atoms with Gasteiger partial charge in [-0.2, -0.15) is 0 Å². The summed E-state index contributed by atoms with van der Waals surface area (Å²) >= 11 is 0. The number of carboxylic acid groups (broad SMARTS) is 1. The summed E-state index contributed by atoms with van der Waals surface area (Å²) in [4.78, 5) is 28.5. The van der Waals surface area contributed by atoms with E-state index >= 15 is 0 Å². The largest absolute Gasteiger partial charge is 0.480 e. The van der Waals surface area contributed by atoms with Gasteiger partial charge in [-0.3, -0.25) is 14.7 Å². The molecule has 2 aromatic rings. The van der Waals surface area contributed by atoms with Crippen molar-refractivity contribution >= 4 is 11.8 Å². The Morgan fingerprint density at radius 1 is 1.16 bits per heavy atom. The van der Waals surface area contributed by atoms with E-state index in [1.54, 1.807) is 12.4 Å². The van der Waals surface area contributed by atoms with Gasteiger partial charge in [0.05, 0.1) is 12.2 Å². The Hall–Kier alpha value is -2.54. The van der Waals surface area contributed by atoms with Crippen LogP contribution < -0.4 is 4.90 Å². The van der Waals surface area contributed by atoms with E-state index in [-0.39, 0.29) is 12.5 Å². The fourth-order valence-corrected chi connectivity index (χ4v) is 2.87. The molecule has 1 aliphatic heterocycles. The van der Waals surface area contributed by atoms with E-state index in [4.69, 9.17) is 15.1 Å². The van der Waals surface area contributed by atoms with Gasteiger partial charge >= 0.3 is 5.97 Å². The summed E-state index contributed by atoms with van der Waals surface area (Å²) in [6.45, 7) is 7.22. The number of piperazine rings is 1. The molecule has 0 bridgehead atoms. The van der Waals surface area contributed by atoms with Gasteiger partial charge in [0, 0.05) is 56.1 Å². The standard InChI is InChI=1S/C18H23N5O2/c1-13(2)18-20-15(14-3-5-19-6-4-14)11-16(21-18)23-9-7-22(8-10-23)12-17(24)25/h3-6,11,13H,7-10,12H2,1-2H3,(H,24,25). The third kappa shape index (κ3) is 4.30. The van der Waals surface area contributed by atoms with Gasteiger partial charge < -0.3 is 10.0 Å². The zero-order chi connectivity index (χ0) is 17.8. The third-order valence-electron chi connectivity index (χ3n) is 4.28. The molecule has 3 rings (SSSR count). The zero-order valence-electron chi connectivity index (χ0n) is 14.6. The fraction of sp³-hybridized carbons (Fsp3) is 0.444. The lowest BCUT2D eigenvalue weighted by atomic mass is 10.1. The van der Waals surface area contributed by atoms with E-state index in [2.05, 4.69) is 23.7 Å². The van der Waals surface area contributed by atoms with Crippen LogP contribution in [0.2, 0.25) is 0 Å². The number of carbonyl (C=O) groups is 1. The zero-order valence-corrected chi connectivity index (χ0v) is 14.6. The van der Waals surface area contributed by atoms with E-state index in [1.807, 2.05) is 23.1 Å². The molecular formula is C18H23N5O2. The summed E-state index contributed by atoms with van der Waals surface area (Å²) in [7, 11) is 0. The van der Waals surface area contributed by atoms with Crippen molar-refractivity contribution in [3.63, 3.8) is 0 Å². The SMILES string of the molecule is CC(C)c1nc(-c2ccncc2)cc(N2CCN(CC(=O)O)CC2)n1. The first-order valence-electron chi connectivity index (χ1n) is 8.51. The minimum Gasteiger partial charge on any atom is -0.480 e. The lowest BCUT2D eigenvalue weighted by Gasteiger charge is -2.34. The minimum atomic E-state index is -0.780. The smallest absolute Gasteiger partial charge is 0.317 e. The van der Waals surface area contributed by atoms with Crippen molar-refractivity contribution in [2.75, 3.05) is 37.6 Å². The maximum absolute atomic E-state index is 10.9. The first-order chi connectivity index (χ1) is 12.0. The van der Waals surface area contributed by atoms with Gasteiger partial charge in [0.2, 0.25) is 0 Å². The normalized spacial score (nSPS) is 15.6. The number of anilines is 1. The van der Waals surface area contributed by atoms with Gasteiger partial charge in [0.25, 0.3) is 0 Å². The summed E-state index contributed by atoms with van der Waals surface area (Å²) in [6.07, 6.45) is 3.52. The van der Waals surface area contributed by atoms with Crippen molar-refractivity contribution in [3.8, 4) is 11.3 Å². The first kappa shape index (κ1) is 17.3. The van der Waals surface area contributed by atoms with Crippen LogP contribution in [0.4, 0.5) is 5.82 Å². The van der Waals surface area contributed by atoms with Gasteiger partial charge in [-0.25, -0.2) is 9.97 Å². The monoisotopic (exact) mass is 341 g/mol. The van der Waals surface area contributed by atoms with Gasteiger partial charge in [-0.05, 0) is 12.1 Å². The molecule has 0 spiro atoms. The molecule has 0 radical (unpaired) electrons. The Kier molecular flexibility index (Phi) is 5.23. The first-order valence-corrected chi connectivity index (χ1v) is 8.51. The summed E-state index contributed by atoms with van der Waals surface area (Å²) in [5.41, 5.74) is 1.91. The van der Waals surface area contributed by atoms with Crippen LogP contribution in [0.3, 0.4) is 0 Å². The number of carboxylic acids is 1. The topological polar surface area (TPSA) is 82.5 Å². The highest BCUT2D eigenvalue weighted by Gasteiger charge is 2.21. The molecule has 1 aliphatic rings. The van der Waals surface area contributed by atoms with E-state index in [0.717, 1.165) is 49.1 Å². The molecule has 1 fully saturated rings. The summed E-state index contributed by atoms with van der Waals surface area (Å²) < 4.78 is 0. The van der Waals surface area contributed by atoms with E-state index in [9.17, 15) is 4.79 Å². The van der Waals surface area contributed by atoms with Crippen molar-refractivity contribution in [2.24, 2.45) is 0 Å². The molecule has 1 N–H and O–H groups in total. The van der Waals surface area contributed by atoms with Crippen molar-refractivity contribution in [3.05, 3.63) is 36.4 Å². The van der Waals surface area contributed by atoms with E-state index < -0.39 is 5.97 Å². The Bertz CT molecular complexity index is 728. The Balaban J connectivity index is 1.84. The van der Waals surface area contributed by atoms with Crippen LogP contribution >= 0.6 is 0 Å². The molecule has 7 nitrogen and oxygen atoms in total. The lowest BCUT2D eigenvalue weighted by molar-refractivity contribution is -0.138. The summed E-state index contributed by atoms with van der Waals surface area (Å²) in [5.74, 6) is 1.17. The highest BCUT2D eigenvalue weighted by Crippen LogP contribution is 2.24. The average molecular weight is 341 g/mol. The van der Waals surface area contributed by atoms with Crippen LogP contribution in [0.15, 0.2) is 30.6 Å². The van der Waals surface area contributed by atoms with Crippen LogP contribution in [-0.2, 0) is 4.79 Å². The van der Waals surface area contributed by atoms with Crippen molar-refractivity contribution < 1.29 is 9.90 Å². The molecule has 0 unspecified atom stereocenters. The van der Waals surface area contributed by atoms with Gasteiger partial charge in [-0.15, -0.1) is 0 Å². The number of hydrogen-bond acceptors (Lipinski definition) is 6. The number of hydrogen-bond donors (Lipinski definition) is 1. The van der Waals surface area contributed by atoms with Gasteiger partial charge in [0.15, 0.2) is 0 Å². The maximum Gasteiger partial charge on any atom is 0.317 e. The van der Waals surface area contributed by atoms with Crippen LogP contribution in [0.25, 0.3) is 11.3 Å². The number of aliphatic carboxylic acids is 1. The van der Waals surface area contributed by atoms with Crippen LogP contribution in [0, 0.1) is 0 Å². The number of rotatable bonds is 5. The number of pyridine rings is 1. The second kappa shape index (κ2) is 7.57. The van der Waals surface area contributed by atoms with Crippen LogP contribution in [0.5, 0.6) is 0 Å². The molecule has 0 aromatic carbocycles. The van der Waals surface area contributed by atoms with E-state index in [1.165, 1.54) is 0 Å². The molecule has 0 saturated carbocycles. The average Bonchev–Trinajstić information content (AvgIpc) is 2.62. The summed E-state index contributed by atoms with van der Waals surface area (Å²) in [5, 5.41) is 8.93. The van der Waals surface area contributed by atoms with E-state index in [0.29, 0.717) is 0 Å². The Morgan fingerprint density at radius 3 is 2.44 bits per heavy atom. The van der Waals surface area contributed by atoms with Gasteiger partial charge in [0.1, 0.15) is 11.6 Å². The lowest BCUT2D eigenvalue weighted by Crippen LogP contribution is -2.48. The Morgan fingerprint density at radius 2 is 1.84 bits per heavy atom. The highest BCUT2D eigenvalue weighted by atomic mass is 16.4. The van der Waals surface area contributed by atoms with Crippen LogP contribution in [-0.4, -0.2) is 63.7 Å². The van der Waals surface area contributed by atoms with Crippen molar-refractivity contribution in [2.45, 2.75) is 19.8 Å². The Labute approximate surface area is 147 Å². The molecule has 0 aliphatic carbocycles. The predicted molar refractivity (Wildman–Crippen MR) is 95.6 cm³/mol.